The van der Waals surface area contributed by atoms with Crippen LogP contribution in [0.1, 0.15) is 17.3 Å². The molecule has 0 bridgehead atoms. The van der Waals surface area contributed by atoms with Crippen LogP contribution >= 0.6 is 0 Å². The van der Waals surface area contributed by atoms with E-state index in [9.17, 15) is 4.79 Å². The first-order chi connectivity index (χ1) is 13.6. The highest BCUT2D eigenvalue weighted by Gasteiger charge is 2.25. The van der Waals surface area contributed by atoms with Gasteiger partial charge in [-0.15, -0.1) is 0 Å². The number of fused-ring (bicyclic) bond motifs is 1. The number of rotatable bonds is 6. The summed E-state index contributed by atoms with van der Waals surface area (Å²) in [7, 11) is 3.72. The molecule has 1 N–H and O–H groups in total. The third-order valence-electron chi connectivity index (χ3n) is 4.49. The largest absolute Gasteiger partial charge is 0.454 e. The van der Waals surface area contributed by atoms with Crippen LogP contribution in [0.4, 0.5) is 0 Å². The van der Waals surface area contributed by atoms with Crippen molar-refractivity contribution in [1.82, 2.24) is 15.2 Å². The number of oxazole rings is 1. The third kappa shape index (κ3) is 3.70. The number of aromatic nitrogens is 1. The van der Waals surface area contributed by atoms with Crippen LogP contribution in [0.5, 0.6) is 11.5 Å². The van der Waals surface area contributed by atoms with Crippen molar-refractivity contribution in [1.29, 1.82) is 0 Å². The van der Waals surface area contributed by atoms with Crippen LogP contribution in [0, 0.1) is 0 Å². The second-order valence-corrected chi connectivity index (χ2v) is 6.71. The molecule has 1 atom stereocenters. The van der Waals surface area contributed by atoms with Crippen LogP contribution in [0.3, 0.4) is 0 Å². The van der Waals surface area contributed by atoms with E-state index in [0.717, 1.165) is 11.1 Å². The standard InChI is InChI=1S/C21H21N3O4/c1-24(2)19(15-8-9-17-18(10-15)28-13-27-17)20(25)22-11-16-12-26-21(23-16)14-6-4-3-5-7-14/h3-10,12,19H,11,13H2,1-2H3,(H,22,25)/t19-/m0/s1. The Labute approximate surface area is 162 Å². The van der Waals surface area contributed by atoms with Gasteiger partial charge in [-0.1, -0.05) is 24.3 Å². The molecule has 0 saturated carbocycles. The van der Waals surface area contributed by atoms with Gasteiger partial charge in [-0.05, 0) is 43.9 Å². The van der Waals surface area contributed by atoms with Crippen molar-refractivity contribution in [3.8, 4) is 23.0 Å². The number of ether oxygens (including phenoxy) is 2. The lowest BCUT2D eigenvalue weighted by Crippen LogP contribution is -2.36. The number of likely N-dealkylation sites (N-methyl/N-ethyl adjacent to an activating group) is 1. The molecule has 1 amide bonds. The summed E-state index contributed by atoms with van der Waals surface area (Å²) in [5, 5.41) is 2.94. The molecule has 1 aliphatic rings. The zero-order valence-corrected chi connectivity index (χ0v) is 15.7. The summed E-state index contributed by atoms with van der Waals surface area (Å²) in [6, 6.07) is 14.7. The van der Waals surface area contributed by atoms with Crippen LogP contribution < -0.4 is 14.8 Å². The van der Waals surface area contributed by atoms with E-state index in [1.165, 1.54) is 0 Å². The number of carbonyl (C=O) groups excluding carboxylic acids is 1. The van der Waals surface area contributed by atoms with Gasteiger partial charge >= 0.3 is 0 Å². The molecular weight excluding hydrogens is 358 g/mol. The van der Waals surface area contributed by atoms with Crippen LogP contribution in [-0.2, 0) is 11.3 Å². The fraction of sp³-hybridized carbons (Fsp3) is 0.238. The van der Waals surface area contributed by atoms with Crippen molar-refractivity contribution in [2.45, 2.75) is 12.6 Å². The minimum absolute atomic E-state index is 0.131. The van der Waals surface area contributed by atoms with Gasteiger partial charge in [0.25, 0.3) is 0 Å². The lowest BCUT2D eigenvalue weighted by atomic mass is 10.0. The molecular formula is C21H21N3O4. The van der Waals surface area contributed by atoms with Gasteiger partial charge in [0, 0.05) is 5.56 Å². The van der Waals surface area contributed by atoms with Gasteiger partial charge < -0.3 is 19.2 Å². The number of nitrogens with zero attached hydrogens (tertiary/aromatic N) is 2. The number of nitrogens with one attached hydrogen (secondary N) is 1. The van der Waals surface area contributed by atoms with Crippen molar-refractivity contribution >= 4 is 5.91 Å². The molecule has 0 radical (unpaired) electrons. The Kier molecular flexibility index (Phi) is 4.99. The van der Waals surface area contributed by atoms with Crippen LogP contribution in [0.2, 0.25) is 0 Å². The van der Waals surface area contributed by atoms with E-state index in [2.05, 4.69) is 10.3 Å². The Morgan fingerprint density at radius 1 is 1.14 bits per heavy atom. The minimum atomic E-state index is -0.463. The topological polar surface area (TPSA) is 76.8 Å². The van der Waals surface area contributed by atoms with E-state index in [-0.39, 0.29) is 19.2 Å². The average molecular weight is 379 g/mol. The average Bonchev–Trinajstić information content (AvgIpc) is 3.36. The van der Waals surface area contributed by atoms with Gasteiger partial charge in [-0.2, -0.15) is 0 Å². The van der Waals surface area contributed by atoms with Crippen LogP contribution in [0.25, 0.3) is 11.5 Å². The highest BCUT2D eigenvalue weighted by Crippen LogP contribution is 2.35. The minimum Gasteiger partial charge on any atom is -0.454 e. The van der Waals surface area contributed by atoms with Crippen molar-refractivity contribution in [2.75, 3.05) is 20.9 Å². The predicted molar refractivity (Wildman–Crippen MR) is 103 cm³/mol. The van der Waals surface area contributed by atoms with E-state index in [4.69, 9.17) is 13.9 Å². The normalized spacial score (nSPS) is 13.5. The zero-order chi connectivity index (χ0) is 19.5. The molecule has 0 fully saturated rings. The molecule has 0 unspecified atom stereocenters. The molecule has 144 valence electrons. The molecule has 4 rings (SSSR count). The van der Waals surface area contributed by atoms with E-state index in [1.54, 1.807) is 6.26 Å². The summed E-state index contributed by atoms with van der Waals surface area (Å²) >= 11 is 0. The van der Waals surface area contributed by atoms with Gasteiger partial charge in [-0.3, -0.25) is 9.69 Å². The predicted octanol–water partition coefficient (Wildman–Crippen LogP) is 2.99. The van der Waals surface area contributed by atoms with Crippen LogP contribution in [0.15, 0.2) is 59.2 Å². The Balaban J connectivity index is 1.45. The lowest BCUT2D eigenvalue weighted by molar-refractivity contribution is -0.126. The second-order valence-electron chi connectivity index (χ2n) is 6.71. The number of carbonyl (C=O) groups is 1. The fourth-order valence-electron chi connectivity index (χ4n) is 3.14. The first-order valence-electron chi connectivity index (χ1n) is 8.95. The number of hydrogen-bond acceptors (Lipinski definition) is 6. The second kappa shape index (κ2) is 7.74. The monoisotopic (exact) mass is 379 g/mol. The maximum absolute atomic E-state index is 12.9. The number of amides is 1. The molecule has 3 aromatic rings. The van der Waals surface area contributed by atoms with Gasteiger partial charge in [0.05, 0.1) is 12.2 Å². The maximum Gasteiger partial charge on any atom is 0.242 e. The Morgan fingerprint density at radius 3 is 2.71 bits per heavy atom. The van der Waals surface area contributed by atoms with Crippen molar-refractivity contribution in [3.63, 3.8) is 0 Å². The SMILES string of the molecule is CN(C)[C@H](C(=O)NCc1coc(-c2ccccc2)n1)c1ccc2c(c1)OCO2. The van der Waals surface area contributed by atoms with E-state index in [1.807, 2.05) is 67.5 Å². The van der Waals surface area contributed by atoms with E-state index >= 15 is 0 Å². The smallest absolute Gasteiger partial charge is 0.242 e. The summed E-state index contributed by atoms with van der Waals surface area (Å²) in [5.41, 5.74) is 2.39. The molecule has 0 aliphatic carbocycles. The van der Waals surface area contributed by atoms with Crippen molar-refractivity contribution in [2.24, 2.45) is 0 Å². The third-order valence-corrected chi connectivity index (χ3v) is 4.49. The number of hydrogen-bond donors (Lipinski definition) is 1. The summed E-state index contributed by atoms with van der Waals surface area (Å²) in [6.07, 6.45) is 1.56. The molecule has 2 aromatic carbocycles. The highest BCUT2D eigenvalue weighted by atomic mass is 16.7. The van der Waals surface area contributed by atoms with Gasteiger partial charge in [0.1, 0.15) is 12.3 Å². The Bertz CT molecular complexity index is 969. The first-order valence-corrected chi connectivity index (χ1v) is 8.95. The lowest BCUT2D eigenvalue weighted by Gasteiger charge is -2.23. The molecule has 7 nitrogen and oxygen atoms in total. The summed E-state index contributed by atoms with van der Waals surface area (Å²) in [5.74, 6) is 1.75. The molecule has 1 aromatic heterocycles. The Morgan fingerprint density at radius 2 is 1.93 bits per heavy atom. The summed E-state index contributed by atoms with van der Waals surface area (Å²) in [6.45, 7) is 0.484. The molecule has 0 saturated heterocycles. The van der Waals surface area contributed by atoms with Crippen molar-refractivity contribution < 1.29 is 18.7 Å². The van der Waals surface area contributed by atoms with Crippen LogP contribution in [-0.4, -0.2) is 36.7 Å². The maximum atomic E-state index is 12.9. The highest BCUT2D eigenvalue weighted by molar-refractivity contribution is 5.83. The molecule has 1 aliphatic heterocycles. The molecule has 28 heavy (non-hydrogen) atoms. The van der Waals surface area contributed by atoms with Gasteiger partial charge in [0.15, 0.2) is 11.5 Å². The van der Waals surface area contributed by atoms with Crippen molar-refractivity contribution in [3.05, 3.63) is 66.1 Å². The van der Waals surface area contributed by atoms with E-state index in [0.29, 0.717) is 23.1 Å². The Hall–Kier alpha value is -3.32. The van der Waals surface area contributed by atoms with E-state index < -0.39 is 6.04 Å². The zero-order valence-electron chi connectivity index (χ0n) is 15.7. The number of benzene rings is 2. The molecule has 2 heterocycles. The summed E-state index contributed by atoms with van der Waals surface area (Å²) in [4.78, 5) is 19.1. The van der Waals surface area contributed by atoms with Gasteiger partial charge in [0.2, 0.25) is 18.6 Å². The molecule has 7 heteroatoms. The molecule has 0 spiro atoms. The first kappa shape index (κ1) is 18.1. The quantitative estimate of drug-likeness (QED) is 0.710. The van der Waals surface area contributed by atoms with Gasteiger partial charge in [-0.25, -0.2) is 4.98 Å². The summed E-state index contributed by atoms with van der Waals surface area (Å²) < 4.78 is 16.3. The fourth-order valence-corrected chi connectivity index (χ4v) is 3.14.